The van der Waals surface area contributed by atoms with Crippen molar-refractivity contribution in [3.63, 3.8) is 0 Å². The Kier molecular flexibility index (Phi) is 4.68. The first-order valence-electron chi connectivity index (χ1n) is 8.91. The summed E-state index contributed by atoms with van der Waals surface area (Å²) in [6, 6.07) is 2.58. The van der Waals surface area contributed by atoms with Crippen LogP contribution in [0.25, 0.3) is 10.2 Å². The Hall–Kier alpha value is -1.25. The fourth-order valence-corrected chi connectivity index (χ4v) is 6.51. The summed E-state index contributed by atoms with van der Waals surface area (Å²) >= 11 is 1.66. The second-order valence-corrected chi connectivity index (χ2v) is 10.3. The lowest BCUT2D eigenvalue weighted by molar-refractivity contribution is 0.385. The summed E-state index contributed by atoms with van der Waals surface area (Å²) in [4.78, 5) is 12.6. The third kappa shape index (κ3) is 3.80. The van der Waals surface area contributed by atoms with Gasteiger partial charge >= 0.3 is 0 Å². The predicted molar refractivity (Wildman–Crippen MR) is 102 cm³/mol. The fourth-order valence-electron chi connectivity index (χ4n) is 3.85. The van der Waals surface area contributed by atoms with E-state index in [0.29, 0.717) is 17.5 Å². The molecule has 2 saturated heterocycles. The second kappa shape index (κ2) is 6.81. The highest BCUT2D eigenvalue weighted by Gasteiger charge is 2.29. The van der Waals surface area contributed by atoms with Crippen LogP contribution in [0.4, 0.5) is 5.82 Å². The van der Waals surface area contributed by atoms with E-state index in [1.165, 1.54) is 0 Å². The summed E-state index contributed by atoms with van der Waals surface area (Å²) in [7, 11) is -2.77. The Morgan fingerprint density at radius 3 is 2.80 bits per heavy atom. The minimum Gasteiger partial charge on any atom is -0.356 e. The standard InChI is InChI=1S/C17H24N4O2S2/c1-12-19-16(15-4-8-24-17(15)20-12)21-6-2-14(3-7-21)18-10-13-5-9-25(22,23)11-13/h4,8,13-14,18H,2-3,5-7,9-11H2,1H3/t13-/m0/s1. The maximum atomic E-state index is 11.6. The zero-order chi connectivity index (χ0) is 17.4. The Bertz CT molecular complexity index is 857. The summed E-state index contributed by atoms with van der Waals surface area (Å²) < 4.78 is 23.1. The van der Waals surface area contributed by atoms with Crippen molar-refractivity contribution in [2.24, 2.45) is 5.92 Å². The van der Waals surface area contributed by atoms with Gasteiger partial charge in [0, 0.05) is 19.1 Å². The van der Waals surface area contributed by atoms with Gasteiger partial charge in [0.2, 0.25) is 0 Å². The van der Waals surface area contributed by atoms with Crippen LogP contribution in [0.2, 0.25) is 0 Å². The normalized spacial score (nSPS) is 24.2. The number of fused-ring (bicyclic) bond motifs is 1. The van der Waals surface area contributed by atoms with E-state index in [0.717, 1.165) is 60.8 Å². The second-order valence-electron chi connectivity index (χ2n) is 7.17. The van der Waals surface area contributed by atoms with Crippen molar-refractivity contribution < 1.29 is 8.42 Å². The third-order valence-electron chi connectivity index (χ3n) is 5.23. The number of thiophene rings is 1. The van der Waals surface area contributed by atoms with Gasteiger partial charge in [-0.05, 0) is 50.1 Å². The molecule has 0 aliphatic carbocycles. The molecular weight excluding hydrogens is 356 g/mol. The highest BCUT2D eigenvalue weighted by Crippen LogP contribution is 2.29. The number of aryl methyl sites for hydroxylation is 1. The van der Waals surface area contributed by atoms with Crippen LogP contribution in [-0.2, 0) is 9.84 Å². The molecule has 1 atom stereocenters. The van der Waals surface area contributed by atoms with Crippen LogP contribution in [0.3, 0.4) is 0 Å². The quantitative estimate of drug-likeness (QED) is 0.874. The number of aromatic nitrogens is 2. The van der Waals surface area contributed by atoms with Gasteiger partial charge in [0.1, 0.15) is 16.5 Å². The van der Waals surface area contributed by atoms with E-state index in [1.54, 1.807) is 11.3 Å². The first-order valence-corrected chi connectivity index (χ1v) is 11.6. The number of sulfone groups is 1. The van der Waals surface area contributed by atoms with E-state index in [9.17, 15) is 8.42 Å². The molecule has 0 amide bonds. The highest BCUT2D eigenvalue weighted by molar-refractivity contribution is 7.91. The van der Waals surface area contributed by atoms with E-state index in [4.69, 9.17) is 0 Å². The summed E-state index contributed by atoms with van der Waals surface area (Å²) in [6.07, 6.45) is 2.94. The molecule has 0 bridgehead atoms. The molecule has 2 aliphatic heterocycles. The Morgan fingerprint density at radius 2 is 2.08 bits per heavy atom. The molecule has 0 spiro atoms. The summed E-state index contributed by atoms with van der Waals surface area (Å²) in [6.45, 7) is 4.72. The van der Waals surface area contributed by atoms with Gasteiger partial charge in [-0.1, -0.05) is 0 Å². The number of nitrogens with zero attached hydrogens (tertiary/aromatic N) is 3. The summed E-state index contributed by atoms with van der Waals surface area (Å²) in [5.41, 5.74) is 0. The molecule has 0 saturated carbocycles. The van der Waals surface area contributed by atoms with Crippen molar-refractivity contribution in [3.05, 3.63) is 17.3 Å². The van der Waals surface area contributed by atoms with Gasteiger partial charge in [0.25, 0.3) is 0 Å². The van der Waals surface area contributed by atoms with Gasteiger partial charge in [-0.25, -0.2) is 18.4 Å². The third-order valence-corrected chi connectivity index (χ3v) is 7.88. The molecule has 0 unspecified atom stereocenters. The molecular formula is C17H24N4O2S2. The van der Waals surface area contributed by atoms with Gasteiger partial charge < -0.3 is 10.2 Å². The average Bonchev–Trinajstić information content (AvgIpc) is 3.18. The summed E-state index contributed by atoms with van der Waals surface area (Å²) in [5.74, 6) is 2.89. The zero-order valence-electron chi connectivity index (χ0n) is 14.4. The molecule has 4 rings (SSSR count). The largest absolute Gasteiger partial charge is 0.356 e. The Balaban J connectivity index is 1.34. The molecule has 25 heavy (non-hydrogen) atoms. The maximum absolute atomic E-state index is 11.6. The lowest BCUT2D eigenvalue weighted by atomic mass is 10.0. The summed E-state index contributed by atoms with van der Waals surface area (Å²) in [5, 5.41) is 6.82. The number of rotatable bonds is 4. The molecule has 0 aromatic carbocycles. The molecule has 1 N–H and O–H groups in total. The van der Waals surface area contributed by atoms with E-state index in [2.05, 4.69) is 31.6 Å². The average molecular weight is 381 g/mol. The van der Waals surface area contributed by atoms with Crippen LogP contribution < -0.4 is 10.2 Å². The first-order chi connectivity index (χ1) is 12.0. The van der Waals surface area contributed by atoms with E-state index >= 15 is 0 Å². The van der Waals surface area contributed by atoms with Gasteiger partial charge in [0.15, 0.2) is 9.84 Å². The van der Waals surface area contributed by atoms with E-state index < -0.39 is 9.84 Å². The molecule has 136 valence electrons. The van der Waals surface area contributed by atoms with Crippen molar-refractivity contribution in [3.8, 4) is 0 Å². The van der Waals surface area contributed by atoms with Crippen molar-refractivity contribution in [2.45, 2.75) is 32.2 Å². The van der Waals surface area contributed by atoms with Crippen LogP contribution in [0.1, 0.15) is 25.1 Å². The molecule has 8 heteroatoms. The molecule has 2 aromatic heterocycles. The number of hydrogen-bond acceptors (Lipinski definition) is 7. The Morgan fingerprint density at radius 1 is 1.28 bits per heavy atom. The monoisotopic (exact) mass is 380 g/mol. The number of anilines is 1. The van der Waals surface area contributed by atoms with Crippen LogP contribution in [-0.4, -0.2) is 55.6 Å². The first kappa shape index (κ1) is 17.2. The topological polar surface area (TPSA) is 75.2 Å². The molecule has 0 radical (unpaired) electrons. The number of piperidine rings is 1. The van der Waals surface area contributed by atoms with Crippen LogP contribution in [0.5, 0.6) is 0 Å². The minimum absolute atomic E-state index is 0.290. The lowest BCUT2D eigenvalue weighted by Crippen LogP contribution is -2.44. The van der Waals surface area contributed by atoms with Crippen LogP contribution in [0, 0.1) is 12.8 Å². The van der Waals surface area contributed by atoms with Gasteiger partial charge in [-0.15, -0.1) is 11.3 Å². The Labute approximate surface area is 152 Å². The SMILES string of the molecule is Cc1nc(N2CCC(NC[C@@H]3CCS(=O)(=O)C3)CC2)c2ccsc2n1. The smallest absolute Gasteiger partial charge is 0.150 e. The van der Waals surface area contributed by atoms with Gasteiger partial charge in [0.05, 0.1) is 16.9 Å². The zero-order valence-corrected chi connectivity index (χ0v) is 16.1. The number of nitrogens with one attached hydrogen (secondary N) is 1. The van der Waals surface area contributed by atoms with Crippen molar-refractivity contribution >= 4 is 37.2 Å². The molecule has 4 heterocycles. The van der Waals surface area contributed by atoms with Crippen molar-refractivity contribution in [1.82, 2.24) is 15.3 Å². The van der Waals surface area contributed by atoms with Crippen LogP contribution in [0.15, 0.2) is 11.4 Å². The van der Waals surface area contributed by atoms with Gasteiger partial charge in [-0.2, -0.15) is 0 Å². The van der Waals surface area contributed by atoms with E-state index in [-0.39, 0.29) is 5.92 Å². The van der Waals surface area contributed by atoms with Crippen molar-refractivity contribution in [1.29, 1.82) is 0 Å². The fraction of sp³-hybridized carbons (Fsp3) is 0.647. The molecule has 6 nitrogen and oxygen atoms in total. The van der Waals surface area contributed by atoms with E-state index in [1.807, 2.05) is 6.92 Å². The maximum Gasteiger partial charge on any atom is 0.150 e. The highest BCUT2D eigenvalue weighted by atomic mass is 32.2. The predicted octanol–water partition coefficient (Wildman–Crippen LogP) is 1.99. The minimum atomic E-state index is -2.77. The van der Waals surface area contributed by atoms with Crippen molar-refractivity contribution in [2.75, 3.05) is 36.0 Å². The molecule has 2 aliphatic rings. The number of hydrogen-bond donors (Lipinski definition) is 1. The van der Waals surface area contributed by atoms with Crippen LogP contribution >= 0.6 is 11.3 Å². The molecule has 2 aromatic rings. The molecule has 2 fully saturated rings. The van der Waals surface area contributed by atoms with Gasteiger partial charge in [-0.3, -0.25) is 0 Å². The lowest BCUT2D eigenvalue weighted by Gasteiger charge is -2.34.